The van der Waals surface area contributed by atoms with Crippen molar-refractivity contribution in [3.8, 4) is 17.2 Å². The van der Waals surface area contributed by atoms with Crippen LogP contribution in [0.5, 0.6) is 17.2 Å². The summed E-state index contributed by atoms with van der Waals surface area (Å²) in [5.74, 6) is -1.75. The zero-order valence-corrected chi connectivity index (χ0v) is 42.5. The number of halogens is 1. The number of ether oxygens (including phenoxy) is 4. The quantitative estimate of drug-likeness (QED) is 0.0296. The van der Waals surface area contributed by atoms with Crippen LogP contribution in [-0.2, 0) is 20.9 Å². The lowest BCUT2D eigenvalue weighted by atomic mass is 9.55. The maximum Gasteiger partial charge on any atom is 0.410 e. The summed E-state index contributed by atoms with van der Waals surface area (Å²) in [6, 6.07) is 16.8. The number of aliphatic hydroxyl groups excluding tert-OH is 2. The molecule has 0 bridgehead atoms. The molecule has 1 amide bonds. The Labute approximate surface area is 420 Å². The van der Waals surface area contributed by atoms with Gasteiger partial charge in [-0.15, -0.1) is 6.58 Å². The number of allylic oxidation sites excluding steroid dienone is 1. The summed E-state index contributed by atoms with van der Waals surface area (Å²) in [7, 11) is 0. The number of aliphatic hydroxyl groups is 2. The minimum absolute atomic E-state index is 0.0152. The molecule has 1 aliphatic heterocycles. The Morgan fingerprint density at radius 1 is 0.915 bits per heavy atom. The van der Waals surface area contributed by atoms with E-state index in [4.69, 9.17) is 28.9 Å². The molecular formula is C57H78FN3O10. The number of hydrogen-bond donors (Lipinski definition) is 2. The van der Waals surface area contributed by atoms with E-state index in [9.17, 15) is 24.7 Å². The molecule has 6 atom stereocenters. The molecule has 0 saturated heterocycles. The Hall–Kier alpha value is -5.31. The van der Waals surface area contributed by atoms with Gasteiger partial charge >= 0.3 is 6.09 Å². The topological polar surface area (TPSA) is 162 Å². The number of nitrogens with zero attached hydrogens (tertiary/aromatic N) is 3. The highest BCUT2D eigenvalue weighted by atomic mass is 19.1. The molecule has 6 rings (SSSR count). The highest BCUT2D eigenvalue weighted by Gasteiger charge is 2.66. The lowest BCUT2D eigenvalue weighted by Gasteiger charge is -2.60. The van der Waals surface area contributed by atoms with Crippen molar-refractivity contribution in [1.82, 2.24) is 4.90 Å². The first-order chi connectivity index (χ1) is 34.3. The number of non-ortho nitro benzene ring substituents is 1. The smallest absolute Gasteiger partial charge is 0.410 e. The average Bonchev–Trinajstić information content (AvgIpc) is 3.35. The molecule has 0 aromatic heterocycles. The van der Waals surface area contributed by atoms with Crippen molar-refractivity contribution >= 4 is 17.5 Å². The maximum absolute atomic E-state index is 15.0. The van der Waals surface area contributed by atoms with Gasteiger partial charge in [-0.1, -0.05) is 113 Å². The van der Waals surface area contributed by atoms with Crippen LogP contribution in [0.1, 0.15) is 154 Å². The second-order valence-electron chi connectivity index (χ2n) is 20.4. The maximum atomic E-state index is 15.0. The molecule has 71 heavy (non-hydrogen) atoms. The Morgan fingerprint density at radius 3 is 2.25 bits per heavy atom. The third-order valence-electron chi connectivity index (χ3n) is 13.9. The number of nitro groups is 1. The van der Waals surface area contributed by atoms with E-state index < -0.39 is 40.2 Å². The zero-order chi connectivity index (χ0) is 50.8. The summed E-state index contributed by atoms with van der Waals surface area (Å²) in [5.41, 5.74) is 2.22. The van der Waals surface area contributed by atoms with Crippen LogP contribution < -0.4 is 9.47 Å². The van der Waals surface area contributed by atoms with E-state index in [1.54, 1.807) is 41.3 Å². The summed E-state index contributed by atoms with van der Waals surface area (Å²) >= 11 is 0. The number of unbranched alkanes of at least 4 members (excludes halogenated alkanes) is 11. The Morgan fingerprint density at radius 2 is 1.59 bits per heavy atom. The fourth-order valence-electron chi connectivity index (χ4n) is 10.6. The average molecular weight is 984 g/mol. The van der Waals surface area contributed by atoms with Crippen LogP contribution in [0.4, 0.5) is 14.9 Å². The third kappa shape index (κ3) is 14.9. The van der Waals surface area contributed by atoms with Crippen LogP contribution in [0.25, 0.3) is 0 Å². The van der Waals surface area contributed by atoms with Gasteiger partial charge in [0.2, 0.25) is 5.79 Å². The van der Waals surface area contributed by atoms with Crippen molar-refractivity contribution in [3.05, 3.63) is 118 Å². The van der Waals surface area contributed by atoms with E-state index in [1.807, 2.05) is 32.9 Å². The highest BCUT2D eigenvalue weighted by Crippen LogP contribution is 2.62. The van der Waals surface area contributed by atoms with Crippen molar-refractivity contribution in [2.75, 3.05) is 26.4 Å². The number of hydrogen-bond acceptors (Lipinski definition) is 11. The van der Waals surface area contributed by atoms with Crippen LogP contribution >= 0.6 is 0 Å². The van der Waals surface area contributed by atoms with Crippen molar-refractivity contribution in [1.29, 1.82) is 0 Å². The molecule has 0 spiro atoms. The Kier molecular flexibility index (Phi) is 20.9. The normalized spacial score (nSPS) is 21.9. The minimum atomic E-state index is -1.57. The van der Waals surface area contributed by atoms with E-state index in [-0.39, 0.29) is 62.8 Å². The second-order valence-corrected chi connectivity index (χ2v) is 20.4. The zero-order valence-electron chi connectivity index (χ0n) is 42.5. The largest absolute Gasteiger partial charge is 0.459 e. The summed E-state index contributed by atoms with van der Waals surface area (Å²) < 4.78 is 41.6. The lowest BCUT2D eigenvalue weighted by Crippen LogP contribution is -2.70. The first kappa shape index (κ1) is 55.0. The molecule has 1 fully saturated rings. The fraction of sp³-hybridized carbons (Fsp3) is 0.579. The van der Waals surface area contributed by atoms with Crippen LogP contribution in [0.2, 0.25) is 0 Å². The molecule has 13 nitrogen and oxygen atoms in total. The number of amides is 1. The number of carbonyl (C=O) groups excluding carboxylic acids is 1. The molecule has 0 radical (unpaired) electrons. The van der Waals surface area contributed by atoms with Gasteiger partial charge in [0.25, 0.3) is 5.69 Å². The van der Waals surface area contributed by atoms with E-state index in [0.717, 1.165) is 56.1 Å². The molecule has 3 aromatic rings. The van der Waals surface area contributed by atoms with Gasteiger partial charge in [0.1, 0.15) is 34.7 Å². The first-order valence-corrected chi connectivity index (χ1v) is 26.2. The standard InChI is InChI=1S/C57H78FN3O10/c1-6-8-9-10-11-12-13-14-15-20-35-67-55(64)60(40-41-26-28-43(58)29-27-41)52-39-50(59-71-56(3,4)5)48-36-42(22-16-18-32-62)47(25-17-19-33-63)53-49-38-46(69-45-24-21-23-44(37-45)61(65)66)30-31-51(49)70-57(52,54(48)53)68-34-7-2/h7,21,23-24,26-31,36-38,42,47,52-54,62-63H,2,6,8-20,22,25,32-35,39-40H2,1,3-5H3/t42-,47+,52-,53+,54+,57+/m0/s1. The van der Waals surface area contributed by atoms with Crippen molar-refractivity contribution in [2.24, 2.45) is 22.9 Å². The molecule has 2 N–H and O–H groups in total. The monoisotopic (exact) mass is 984 g/mol. The second kappa shape index (κ2) is 26.9. The van der Waals surface area contributed by atoms with Crippen LogP contribution in [0, 0.1) is 33.7 Å². The molecular weight excluding hydrogens is 906 g/mol. The molecule has 1 heterocycles. The van der Waals surface area contributed by atoms with Gasteiger partial charge in [-0.3, -0.25) is 15.0 Å². The van der Waals surface area contributed by atoms with Gasteiger partial charge in [-0.25, -0.2) is 9.18 Å². The third-order valence-corrected chi connectivity index (χ3v) is 13.9. The number of benzene rings is 3. The fourth-order valence-corrected chi connectivity index (χ4v) is 10.6. The summed E-state index contributed by atoms with van der Waals surface area (Å²) in [6.07, 6.45) is 19.1. The lowest BCUT2D eigenvalue weighted by molar-refractivity contribution is -0.384. The van der Waals surface area contributed by atoms with E-state index in [0.29, 0.717) is 47.8 Å². The van der Waals surface area contributed by atoms with Gasteiger partial charge in [0.15, 0.2) is 0 Å². The van der Waals surface area contributed by atoms with Crippen LogP contribution in [-0.4, -0.2) is 75.7 Å². The van der Waals surface area contributed by atoms with Gasteiger partial charge < -0.3 is 34.0 Å². The van der Waals surface area contributed by atoms with Crippen LogP contribution in [0.3, 0.4) is 0 Å². The van der Waals surface area contributed by atoms with Crippen LogP contribution in [0.15, 0.2) is 96.2 Å². The number of rotatable bonds is 29. The number of carbonyl (C=O) groups is 1. The summed E-state index contributed by atoms with van der Waals surface area (Å²) in [6.45, 7) is 12.5. The Balaban J connectivity index is 1.49. The SMILES string of the molecule is C=CCO[C@@]12Oc3ccc(Oc4cccc([N+](=O)[O-])c4)cc3[C@H]3[C@H](CCCCO)[C@@H](CCCCO)C=C(C(=NOC(C)(C)C)C[C@@H]1N(Cc1ccc(F)cc1)C(=O)OCCCCCCCCCCCC)[C@H]32. The van der Waals surface area contributed by atoms with Gasteiger partial charge in [0, 0.05) is 43.7 Å². The first-order valence-electron chi connectivity index (χ1n) is 26.2. The molecule has 3 aromatic carbocycles. The molecule has 388 valence electrons. The van der Waals surface area contributed by atoms with Gasteiger partial charge in [-0.05, 0) is 112 Å². The molecule has 2 aliphatic carbocycles. The van der Waals surface area contributed by atoms with E-state index in [2.05, 4.69) is 19.6 Å². The highest BCUT2D eigenvalue weighted by molar-refractivity contribution is 6.03. The molecule has 0 unspecified atom stereocenters. The predicted molar refractivity (Wildman–Crippen MR) is 274 cm³/mol. The number of oxime groups is 1. The van der Waals surface area contributed by atoms with Crippen molar-refractivity contribution < 1.29 is 48.1 Å². The van der Waals surface area contributed by atoms with Gasteiger partial charge in [0.05, 0.1) is 35.8 Å². The number of nitro benzene ring substituents is 1. The van der Waals surface area contributed by atoms with Crippen molar-refractivity contribution in [2.45, 2.75) is 167 Å². The number of fused-ring (bicyclic) bond motifs is 2. The van der Waals surface area contributed by atoms with E-state index >= 15 is 4.79 Å². The van der Waals surface area contributed by atoms with Gasteiger partial charge in [-0.2, -0.15) is 0 Å². The molecule has 3 aliphatic rings. The molecule has 14 heteroatoms. The summed E-state index contributed by atoms with van der Waals surface area (Å²) in [4.78, 5) is 34.2. The molecule has 1 saturated carbocycles. The minimum Gasteiger partial charge on any atom is -0.459 e. The van der Waals surface area contributed by atoms with E-state index in [1.165, 1.54) is 62.8 Å². The Bertz CT molecular complexity index is 2240. The summed E-state index contributed by atoms with van der Waals surface area (Å²) in [5, 5.41) is 36.7. The van der Waals surface area contributed by atoms with Crippen molar-refractivity contribution in [3.63, 3.8) is 0 Å². The predicted octanol–water partition coefficient (Wildman–Crippen LogP) is 13.5.